The van der Waals surface area contributed by atoms with Crippen molar-refractivity contribution < 1.29 is 69.8 Å². The van der Waals surface area contributed by atoms with E-state index >= 15 is 0 Å². The van der Waals surface area contributed by atoms with Crippen LogP contribution in [0, 0.1) is 20.2 Å². The van der Waals surface area contributed by atoms with Gasteiger partial charge in [0.15, 0.2) is 0 Å². The average molecular weight is 1240 g/mol. The topological polar surface area (TPSA) is 319 Å². The molecular weight excluding hydrogens is 1170 g/mol. The molecule has 2 fully saturated rings. The summed E-state index contributed by atoms with van der Waals surface area (Å²) < 4.78 is 15.6. The van der Waals surface area contributed by atoms with Gasteiger partial charge in [-0.3, -0.25) is 0 Å². The first kappa shape index (κ1) is 59.9. The summed E-state index contributed by atoms with van der Waals surface area (Å²) in [5.41, 5.74) is 5.04. The van der Waals surface area contributed by atoms with Crippen molar-refractivity contribution in [2.24, 2.45) is 0 Å². The fraction of sp³-hybridized carbons (Fsp3) is 0.714. The third-order valence-electron chi connectivity index (χ3n) is 11.8. The van der Waals surface area contributed by atoms with Crippen LogP contribution >= 0.6 is 0 Å². The zero-order chi connectivity index (χ0) is 51.2. The molecule has 23 nitrogen and oxygen atoms in total. The Morgan fingerprint density at radius 2 is 1.13 bits per heavy atom. The predicted octanol–water partition coefficient (Wildman–Crippen LogP) is -2.19. The Kier molecular flexibility index (Phi) is 24.4. The minimum atomic E-state index is -1.58. The molecule has 0 radical (unpaired) electrons. The molecule has 2 aliphatic heterocycles. The van der Waals surface area contributed by atoms with Crippen molar-refractivity contribution in [1.29, 1.82) is 0 Å². The first-order valence-corrected chi connectivity index (χ1v) is 32.6. The maximum atomic E-state index is 12.4. The number of anilines is 2. The van der Waals surface area contributed by atoms with Crippen LogP contribution in [0.15, 0.2) is 36.4 Å². The Balaban J connectivity index is 1.50. The van der Waals surface area contributed by atoms with Crippen LogP contribution in [0.25, 0.3) is 0 Å². The molecule has 2 saturated heterocycles. The van der Waals surface area contributed by atoms with Gasteiger partial charge >= 0.3 is 429 Å². The first-order valence-electron chi connectivity index (χ1n) is 22.6. The van der Waals surface area contributed by atoms with Gasteiger partial charge in [0, 0.05) is 0 Å². The number of nitrogens with one attached hydrogen (secondary N) is 2. The monoisotopic (exact) mass is 1250 g/mol. The molecule has 10 unspecified atom stereocenters. The Morgan fingerprint density at radius 3 is 1.57 bits per heavy atom. The Hall–Kier alpha value is -1.68. The number of nitrogens with zero attached hydrogens (tertiary/aromatic N) is 5. The van der Waals surface area contributed by atoms with Crippen LogP contribution in [0.2, 0.25) is 10.6 Å². The molecule has 0 aliphatic carbocycles. The summed E-state index contributed by atoms with van der Waals surface area (Å²) in [6, 6.07) is 7.41. The van der Waals surface area contributed by atoms with Crippen LogP contribution in [0.3, 0.4) is 0 Å². The molecule has 27 heteroatoms. The van der Waals surface area contributed by atoms with Gasteiger partial charge in [0.1, 0.15) is 0 Å². The molecule has 392 valence electrons. The molecular formula is C42H69N7O16Se4. The standard InChI is InChI=1S/C42H69N7O16Se4/c1-8-16-41(5,64-43-33-37(54)35(52)29(21-50)62-39(33)56)23-66-45(7)25-12-14-27(48(58)59)31(19-25)68-69-32-20-26(13-15-28(32)49(60)61)47(11-4)67-24-42(6,17-18-46(9-2)10-3)65-44-34-38(55)36(53)30(22-51)63-40(34)57/h12-15,19-20,29-30,33-40,43-44,50-57H,8-11,16-18,21-24H2,1-7H3/t29?,30?,33?,34?,35?,36?,37?,38?,39-,40-,41?,42?/m0/s1. The number of ether oxygens (including phenoxy) is 2. The van der Waals surface area contributed by atoms with Gasteiger partial charge in [0.25, 0.3) is 0 Å². The van der Waals surface area contributed by atoms with Crippen LogP contribution in [0.1, 0.15) is 60.8 Å². The van der Waals surface area contributed by atoms with E-state index in [1.807, 2.05) is 38.7 Å². The third kappa shape index (κ3) is 16.4. The maximum absolute atomic E-state index is 12.4. The summed E-state index contributed by atoms with van der Waals surface area (Å²) in [5, 5.41) is 108. The number of benzene rings is 2. The van der Waals surface area contributed by atoms with Gasteiger partial charge in [-0.2, -0.15) is 0 Å². The van der Waals surface area contributed by atoms with Crippen molar-refractivity contribution in [2.45, 2.75) is 144 Å². The second-order valence-electron chi connectivity index (χ2n) is 17.1. The van der Waals surface area contributed by atoms with E-state index < -0.39 is 122 Å². The van der Waals surface area contributed by atoms with Gasteiger partial charge in [0.05, 0.1) is 0 Å². The number of nitro groups is 2. The van der Waals surface area contributed by atoms with Gasteiger partial charge in [-0.05, 0) is 0 Å². The van der Waals surface area contributed by atoms with Crippen LogP contribution < -0.4 is 27.7 Å². The van der Waals surface area contributed by atoms with Crippen molar-refractivity contribution >= 4 is 88.3 Å². The van der Waals surface area contributed by atoms with E-state index in [0.29, 0.717) is 51.2 Å². The molecule has 0 amide bonds. The van der Waals surface area contributed by atoms with E-state index in [-0.39, 0.29) is 41.7 Å². The van der Waals surface area contributed by atoms with Gasteiger partial charge in [-0.25, -0.2) is 0 Å². The molecule has 2 aromatic rings. The predicted molar refractivity (Wildman–Crippen MR) is 260 cm³/mol. The molecule has 10 N–H and O–H groups in total. The quantitative estimate of drug-likeness (QED) is 0.0235. The second-order valence-corrected chi connectivity index (χ2v) is 27.6. The van der Waals surface area contributed by atoms with Crippen LogP contribution in [0.4, 0.5) is 22.7 Å². The van der Waals surface area contributed by atoms with E-state index in [4.69, 9.17) is 19.1 Å². The Labute approximate surface area is 426 Å². The van der Waals surface area contributed by atoms with Crippen molar-refractivity contribution in [3.63, 3.8) is 0 Å². The molecule has 0 bridgehead atoms. The molecule has 0 saturated carbocycles. The first-order chi connectivity index (χ1) is 32.7. The molecule has 2 heterocycles. The van der Waals surface area contributed by atoms with Crippen LogP contribution in [-0.4, -0.2) is 231 Å². The molecule has 4 rings (SSSR count). The average Bonchev–Trinajstić information content (AvgIpc) is 3.32. The van der Waals surface area contributed by atoms with E-state index in [1.54, 1.807) is 24.3 Å². The van der Waals surface area contributed by atoms with E-state index in [9.17, 15) is 61.1 Å². The fourth-order valence-electron chi connectivity index (χ4n) is 7.39. The van der Waals surface area contributed by atoms with Gasteiger partial charge in [-0.1, -0.05) is 0 Å². The minimum absolute atomic E-state index is 0.0798. The summed E-state index contributed by atoms with van der Waals surface area (Å²) in [6.07, 6.45) is -9.55. The number of nitro benzene ring substituents is 2. The summed E-state index contributed by atoms with van der Waals surface area (Å²) >= 11 is -1.74. The van der Waals surface area contributed by atoms with E-state index in [0.717, 1.165) is 25.2 Å². The zero-order valence-electron chi connectivity index (χ0n) is 39.7. The summed E-state index contributed by atoms with van der Waals surface area (Å²) in [6.45, 7) is 13.5. The third-order valence-corrected chi connectivity index (χ3v) is 25.0. The van der Waals surface area contributed by atoms with Crippen LogP contribution in [0.5, 0.6) is 0 Å². The second kappa shape index (κ2) is 28.1. The van der Waals surface area contributed by atoms with Gasteiger partial charge in [-0.15, -0.1) is 0 Å². The number of rotatable bonds is 29. The molecule has 0 spiro atoms. The van der Waals surface area contributed by atoms with Crippen molar-refractivity contribution in [3.8, 4) is 0 Å². The SMILES string of the molecule is CCCC(C)(C[Se]N(C)c1ccc([N+](=O)[O-])c([Se][Se]c2cc(N(CC)[Se]CC(C)(CCN(CC)CC)ONC3C(O)C(O)C(CO)O[C@@H]3O)ccc2[N+](=O)[O-])c1)ONC1C(O)C(O)C(CO)O[C@@H]1O. The van der Waals surface area contributed by atoms with Crippen molar-refractivity contribution in [1.82, 2.24) is 15.9 Å². The summed E-state index contributed by atoms with van der Waals surface area (Å²) in [4.78, 5) is 38.4. The molecule has 12 atom stereocenters. The molecule has 0 aromatic heterocycles. The fourth-order valence-corrected chi connectivity index (χ4v) is 18.5. The normalized spacial score (nSPS) is 26.9. The van der Waals surface area contributed by atoms with E-state index in [1.165, 1.54) is 12.1 Å². The summed E-state index contributed by atoms with van der Waals surface area (Å²) in [5.74, 6) is 0. The van der Waals surface area contributed by atoms with Crippen molar-refractivity contribution in [3.05, 3.63) is 56.6 Å². The number of hydrogen-bond donors (Lipinski definition) is 10. The number of hydroxylamine groups is 2. The van der Waals surface area contributed by atoms with Crippen molar-refractivity contribution in [2.75, 3.05) is 54.3 Å². The number of hydrogen-bond acceptors (Lipinski definition) is 21. The van der Waals surface area contributed by atoms with Crippen LogP contribution in [-0.2, 0) is 19.1 Å². The van der Waals surface area contributed by atoms with Gasteiger partial charge < -0.3 is 0 Å². The molecule has 69 heavy (non-hydrogen) atoms. The van der Waals surface area contributed by atoms with E-state index in [2.05, 4.69) is 33.6 Å². The van der Waals surface area contributed by atoms with Gasteiger partial charge in [0.2, 0.25) is 0 Å². The number of aliphatic hydroxyl groups excluding tert-OH is 8. The molecule has 2 aromatic carbocycles. The summed E-state index contributed by atoms with van der Waals surface area (Å²) in [7, 11) is 1.86. The molecule has 2 aliphatic rings. The Bertz CT molecular complexity index is 1940. The Morgan fingerprint density at radius 1 is 0.681 bits per heavy atom. The zero-order valence-corrected chi connectivity index (χ0v) is 46.6. The number of aliphatic hydroxyl groups is 8.